The predicted octanol–water partition coefficient (Wildman–Crippen LogP) is 1.55. The van der Waals surface area contributed by atoms with Crippen molar-refractivity contribution in [3.05, 3.63) is 6.33 Å². The molecule has 0 atom stereocenters. The molecule has 0 aromatic carbocycles. The number of hydrogen-bond donors (Lipinski definition) is 1. The summed E-state index contributed by atoms with van der Waals surface area (Å²) in [7, 11) is 1.49. The molecule has 0 amide bonds. The SMILES string of the molecule is CCCOc1ncnc(N(C)CC(F)F)c1N. The summed E-state index contributed by atoms with van der Waals surface area (Å²) < 4.78 is 29.8. The van der Waals surface area contributed by atoms with Gasteiger partial charge < -0.3 is 15.4 Å². The first-order valence-corrected chi connectivity index (χ1v) is 5.28. The maximum atomic E-state index is 12.2. The van der Waals surface area contributed by atoms with Crippen LogP contribution in [0.2, 0.25) is 0 Å². The minimum Gasteiger partial charge on any atom is -0.476 e. The summed E-state index contributed by atoms with van der Waals surface area (Å²) >= 11 is 0. The van der Waals surface area contributed by atoms with Gasteiger partial charge in [0.15, 0.2) is 5.82 Å². The van der Waals surface area contributed by atoms with E-state index in [1.54, 1.807) is 0 Å². The van der Waals surface area contributed by atoms with E-state index < -0.39 is 13.0 Å². The Morgan fingerprint density at radius 2 is 2.18 bits per heavy atom. The molecule has 17 heavy (non-hydrogen) atoms. The summed E-state index contributed by atoms with van der Waals surface area (Å²) in [6, 6.07) is 0. The topological polar surface area (TPSA) is 64.3 Å². The summed E-state index contributed by atoms with van der Waals surface area (Å²) in [6.07, 6.45) is -0.390. The van der Waals surface area contributed by atoms with E-state index in [-0.39, 0.29) is 17.4 Å². The molecular weight excluding hydrogens is 230 g/mol. The summed E-state index contributed by atoms with van der Waals surface area (Å²) in [5, 5.41) is 0. The van der Waals surface area contributed by atoms with Gasteiger partial charge in [-0.3, -0.25) is 0 Å². The van der Waals surface area contributed by atoms with Crippen LogP contribution >= 0.6 is 0 Å². The highest BCUT2D eigenvalue weighted by molar-refractivity contribution is 5.67. The highest BCUT2D eigenvalue weighted by Crippen LogP contribution is 2.27. The van der Waals surface area contributed by atoms with Crippen LogP contribution in [0.15, 0.2) is 6.33 Å². The fourth-order valence-corrected chi connectivity index (χ4v) is 1.28. The molecule has 1 heterocycles. The highest BCUT2D eigenvalue weighted by Gasteiger charge is 2.15. The largest absolute Gasteiger partial charge is 0.476 e. The minimum atomic E-state index is -2.45. The second-order valence-corrected chi connectivity index (χ2v) is 3.54. The van der Waals surface area contributed by atoms with Crippen LogP contribution in [-0.4, -0.2) is 36.6 Å². The zero-order valence-corrected chi connectivity index (χ0v) is 9.86. The molecule has 96 valence electrons. The lowest BCUT2D eigenvalue weighted by molar-refractivity contribution is 0.156. The van der Waals surface area contributed by atoms with Gasteiger partial charge in [-0.1, -0.05) is 6.92 Å². The smallest absolute Gasteiger partial charge is 0.255 e. The average molecular weight is 246 g/mol. The van der Waals surface area contributed by atoms with Crippen molar-refractivity contribution < 1.29 is 13.5 Å². The first kappa shape index (κ1) is 13.4. The first-order chi connectivity index (χ1) is 8.06. The van der Waals surface area contributed by atoms with Gasteiger partial charge in [0.05, 0.1) is 13.2 Å². The third-order valence-electron chi connectivity index (χ3n) is 2.04. The predicted molar refractivity (Wildman–Crippen MR) is 61.5 cm³/mol. The van der Waals surface area contributed by atoms with Gasteiger partial charge in [-0.15, -0.1) is 0 Å². The lowest BCUT2D eigenvalue weighted by atomic mass is 10.4. The van der Waals surface area contributed by atoms with Crippen molar-refractivity contribution in [3.8, 4) is 5.88 Å². The molecule has 0 bridgehead atoms. The minimum absolute atomic E-state index is 0.184. The number of nitrogens with two attached hydrogens (primary N) is 1. The van der Waals surface area contributed by atoms with Crippen molar-refractivity contribution in [2.45, 2.75) is 19.8 Å². The molecule has 7 heteroatoms. The molecule has 1 aromatic heterocycles. The Hall–Kier alpha value is -1.66. The van der Waals surface area contributed by atoms with Gasteiger partial charge in [-0.05, 0) is 6.42 Å². The van der Waals surface area contributed by atoms with E-state index in [4.69, 9.17) is 10.5 Å². The van der Waals surface area contributed by atoms with Crippen molar-refractivity contribution in [1.82, 2.24) is 9.97 Å². The molecule has 2 N–H and O–H groups in total. The first-order valence-electron chi connectivity index (χ1n) is 5.28. The standard InChI is InChI=1S/C10H16F2N4O/c1-3-4-17-10-8(13)9(14-6-15-10)16(2)5-7(11)12/h6-7H,3-5,13H2,1-2H3. The fourth-order valence-electron chi connectivity index (χ4n) is 1.28. The van der Waals surface area contributed by atoms with Crippen LogP contribution < -0.4 is 15.4 Å². The van der Waals surface area contributed by atoms with Crippen LogP contribution in [0, 0.1) is 0 Å². The second kappa shape index (κ2) is 6.17. The molecule has 0 aliphatic rings. The van der Waals surface area contributed by atoms with Gasteiger partial charge >= 0.3 is 0 Å². The lowest BCUT2D eigenvalue weighted by Crippen LogP contribution is -2.26. The van der Waals surface area contributed by atoms with Gasteiger partial charge in [-0.2, -0.15) is 4.98 Å². The van der Waals surface area contributed by atoms with Crippen LogP contribution in [0.4, 0.5) is 20.3 Å². The summed E-state index contributed by atoms with van der Waals surface area (Å²) in [5.74, 6) is 0.490. The Morgan fingerprint density at radius 3 is 2.76 bits per heavy atom. The summed E-state index contributed by atoms with van der Waals surface area (Å²) in [4.78, 5) is 9.02. The zero-order chi connectivity index (χ0) is 12.8. The molecule has 5 nitrogen and oxygen atoms in total. The van der Waals surface area contributed by atoms with Crippen molar-refractivity contribution >= 4 is 11.5 Å². The van der Waals surface area contributed by atoms with Crippen LogP contribution in [-0.2, 0) is 0 Å². The molecular formula is C10H16F2N4O. The van der Waals surface area contributed by atoms with Crippen LogP contribution in [0.3, 0.4) is 0 Å². The Morgan fingerprint density at radius 1 is 1.47 bits per heavy atom. The molecule has 0 saturated carbocycles. The van der Waals surface area contributed by atoms with Crippen LogP contribution in [0.5, 0.6) is 5.88 Å². The third-order valence-corrected chi connectivity index (χ3v) is 2.04. The van der Waals surface area contributed by atoms with Crippen molar-refractivity contribution in [1.29, 1.82) is 0 Å². The molecule has 0 aliphatic heterocycles. The molecule has 0 aliphatic carbocycles. The molecule has 0 saturated heterocycles. The number of alkyl halides is 2. The highest BCUT2D eigenvalue weighted by atomic mass is 19.3. The number of ether oxygens (including phenoxy) is 1. The average Bonchev–Trinajstić information content (AvgIpc) is 2.26. The van der Waals surface area contributed by atoms with Crippen molar-refractivity contribution in [3.63, 3.8) is 0 Å². The second-order valence-electron chi connectivity index (χ2n) is 3.54. The van der Waals surface area contributed by atoms with E-state index in [1.165, 1.54) is 18.3 Å². The number of anilines is 2. The van der Waals surface area contributed by atoms with E-state index in [0.29, 0.717) is 6.61 Å². The molecule has 1 aromatic rings. The van der Waals surface area contributed by atoms with Gasteiger partial charge in [-0.25, -0.2) is 13.8 Å². The summed E-state index contributed by atoms with van der Waals surface area (Å²) in [5.41, 5.74) is 5.95. The Labute approximate surface area is 98.6 Å². The molecule has 0 radical (unpaired) electrons. The molecule has 1 rings (SSSR count). The Balaban J connectivity index is 2.85. The quantitative estimate of drug-likeness (QED) is 0.825. The maximum Gasteiger partial charge on any atom is 0.255 e. The van der Waals surface area contributed by atoms with Crippen LogP contribution in [0.25, 0.3) is 0 Å². The van der Waals surface area contributed by atoms with Crippen molar-refractivity contribution in [2.75, 3.05) is 30.8 Å². The number of nitrogens with zero attached hydrogens (tertiary/aromatic N) is 3. The van der Waals surface area contributed by atoms with Gasteiger partial charge in [0, 0.05) is 7.05 Å². The monoisotopic (exact) mass is 246 g/mol. The van der Waals surface area contributed by atoms with E-state index in [9.17, 15) is 8.78 Å². The normalized spacial score (nSPS) is 10.6. The summed E-state index contributed by atoms with van der Waals surface area (Å²) in [6.45, 7) is 1.98. The third kappa shape index (κ3) is 3.69. The van der Waals surface area contributed by atoms with E-state index in [0.717, 1.165) is 6.42 Å². The Bertz CT molecular complexity index is 362. The Kier molecular flexibility index (Phi) is 4.86. The number of aromatic nitrogens is 2. The van der Waals surface area contributed by atoms with Gasteiger partial charge in [0.2, 0.25) is 5.88 Å². The number of hydrogen-bond acceptors (Lipinski definition) is 5. The maximum absolute atomic E-state index is 12.2. The fraction of sp³-hybridized carbons (Fsp3) is 0.600. The van der Waals surface area contributed by atoms with Gasteiger partial charge in [0.25, 0.3) is 6.43 Å². The van der Waals surface area contributed by atoms with E-state index >= 15 is 0 Å². The van der Waals surface area contributed by atoms with Crippen LogP contribution in [0.1, 0.15) is 13.3 Å². The number of nitrogen functional groups attached to an aromatic ring is 1. The molecule has 0 fully saturated rings. The number of halogens is 2. The van der Waals surface area contributed by atoms with E-state index in [1.807, 2.05) is 6.92 Å². The zero-order valence-electron chi connectivity index (χ0n) is 9.86. The van der Waals surface area contributed by atoms with E-state index in [2.05, 4.69) is 9.97 Å². The molecule has 0 spiro atoms. The van der Waals surface area contributed by atoms with Gasteiger partial charge in [0.1, 0.15) is 12.0 Å². The van der Waals surface area contributed by atoms with Crippen molar-refractivity contribution in [2.24, 2.45) is 0 Å². The molecule has 0 unspecified atom stereocenters. The lowest BCUT2D eigenvalue weighted by Gasteiger charge is -2.19. The number of rotatable bonds is 6.